The normalized spacial score (nSPS) is 15.8. The van der Waals surface area contributed by atoms with Gasteiger partial charge in [0.25, 0.3) is 0 Å². The predicted octanol–water partition coefficient (Wildman–Crippen LogP) is 6.68. The molecule has 11 heteroatoms. The highest BCUT2D eigenvalue weighted by atomic mass is 35.6. The largest absolute Gasteiger partial charge is 0.224 e. The molecule has 0 aliphatic rings. The molecular weight excluding hydrogens is 450 g/mol. The zero-order valence-corrected chi connectivity index (χ0v) is 15.1. The molecular formula is C5HCl11. The molecule has 0 N–H and O–H groups in total. The molecule has 0 unspecified atom stereocenters. The van der Waals surface area contributed by atoms with Crippen LogP contribution in [0.1, 0.15) is 0 Å². The molecule has 0 saturated carbocycles. The summed E-state index contributed by atoms with van der Waals surface area (Å²) in [6.07, 6.45) is 0. The van der Waals surface area contributed by atoms with Crippen molar-refractivity contribution in [2.24, 2.45) is 0 Å². The van der Waals surface area contributed by atoms with E-state index in [1.54, 1.807) is 0 Å². The fourth-order valence-electron chi connectivity index (χ4n) is 0.515. The van der Waals surface area contributed by atoms with E-state index < -0.39 is 21.6 Å². The van der Waals surface area contributed by atoms with E-state index in [-0.39, 0.29) is 0 Å². The summed E-state index contributed by atoms with van der Waals surface area (Å²) in [7, 11) is 0. The summed E-state index contributed by atoms with van der Waals surface area (Å²) in [5, 5.41) is -1.58. The van der Waals surface area contributed by atoms with E-state index in [1.807, 2.05) is 0 Å². The van der Waals surface area contributed by atoms with Gasteiger partial charge < -0.3 is 0 Å². The van der Waals surface area contributed by atoms with Crippen molar-refractivity contribution in [3.8, 4) is 0 Å². The smallest absolute Gasteiger partial charge is 0.116 e. The van der Waals surface area contributed by atoms with Gasteiger partial charge in [-0.2, -0.15) is 0 Å². The van der Waals surface area contributed by atoms with Crippen molar-refractivity contribution in [3.63, 3.8) is 0 Å². The van der Waals surface area contributed by atoms with Crippen molar-refractivity contribution >= 4 is 128 Å². The maximum absolute atomic E-state index is 5.80. The van der Waals surface area contributed by atoms with Crippen LogP contribution in [0.15, 0.2) is 0 Å². The zero-order chi connectivity index (χ0) is 13.6. The van der Waals surface area contributed by atoms with E-state index in [9.17, 15) is 0 Å². The second kappa shape index (κ2) is 5.90. The topological polar surface area (TPSA) is 0 Å². The summed E-state index contributed by atoms with van der Waals surface area (Å²) in [6, 6.07) is 0. The highest BCUT2D eigenvalue weighted by Gasteiger charge is 2.63. The lowest BCUT2D eigenvalue weighted by atomic mass is 10.2. The Morgan fingerprint density at radius 2 is 0.688 bits per heavy atom. The van der Waals surface area contributed by atoms with Crippen LogP contribution in [0.5, 0.6) is 0 Å². The highest BCUT2D eigenvalue weighted by Crippen LogP contribution is 2.59. The van der Waals surface area contributed by atoms with Crippen molar-refractivity contribution in [2.75, 3.05) is 0 Å². The third-order valence-corrected chi connectivity index (χ3v) is 7.45. The molecule has 0 fully saturated rings. The quantitative estimate of drug-likeness (QED) is 0.411. The lowest BCUT2D eigenvalue weighted by Gasteiger charge is -2.40. The Morgan fingerprint density at radius 3 is 0.812 bits per heavy atom. The Hall–Kier alpha value is 3.19. The molecule has 16 heavy (non-hydrogen) atoms. The first-order valence-corrected chi connectivity index (χ1v) is 7.40. The molecule has 0 aromatic carbocycles. The first-order chi connectivity index (χ1) is 6.65. The third-order valence-electron chi connectivity index (χ3n) is 1.39. The number of hydrogen-bond donors (Lipinski definition) is 0. The Labute approximate surface area is 148 Å². The minimum Gasteiger partial charge on any atom is -0.116 e. The van der Waals surface area contributed by atoms with Crippen molar-refractivity contribution in [2.45, 2.75) is 21.6 Å². The van der Waals surface area contributed by atoms with Gasteiger partial charge in [-0.1, -0.05) is 116 Å². The lowest BCUT2D eigenvalue weighted by molar-refractivity contribution is 0.639. The average Bonchev–Trinajstić information content (AvgIpc) is 1.98. The van der Waals surface area contributed by atoms with Crippen molar-refractivity contribution in [1.82, 2.24) is 0 Å². The Morgan fingerprint density at radius 1 is 0.500 bits per heavy atom. The summed E-state index contributed by atoms with van der Waals surface area (Å²) >= 11 is 61.9. The Kier molecular flexibility index (Phi) is 7.07. The fourth-order valence-corrected chi connectivity index (χ4v) is 2.71. The monoisotopic (exact) mass is 446 g/mol. The van der Waals surface area contributed by atoms with Gasteiger partial charge in [-0.3, -0.25) is 0 Å². The number of alkyl halides is 11. The minimum atomic E-state index is -2.19. The van der Waals surface area contributed by atoms with Crippen molar-refractivity contribution in [3.05, 3.63) is 0 Å². The van der Waals surface area contributed by atoms with Crippen LogP contribution in [0.4, 0.5) is 0 Å². The van der Waals surface area contributed by atoms with Gasteiger partial charge in [0, 0.05) is 0 Å². The van der Waals surface area contributed by atoms with Gasteiger partial charge in [0.15, 0.2) is 8.67 Å². The van der Waals surface area contributed by atoms with Gasteiger partial charge in [0.1, 0.15) is 5.38 Å². The average molecular weight is 451 g/mol. The van der Waals surface area contributed by atoms with Gasteiger partial charge in [-0.25, -0.2) is 0 Å². The second-order valence-electron chi connectivity index (χ2n) is 2.60. The predicted molar refractivity (Wildman–Crippen MR) is 79.1 cm³/mol. The molecule has 0 aliphatic heterocycles. The summed E-state index contributed by atoms with van der Waals surface area (Å²) < 4.78 is -8.72. The van der Waals surface area contributed by atoms with Gasteiger partial charge in [0.2, 0.25) is 7.59 Å². The zero-order valence-electron chi connectivity index (χ0n) is 6.73. The molecule has 0 aromatic rings. The molecule has 0 bridgehead atoms. The van der Waals surface area contributed by atoms with E-state index in [2.05, 4.69) is 0 Å². The second-order valence-corrected chi connectivity index (χ2v) is 10.4. The highest BCUT2D eigenvalue weighted by molar-refractivity contribution is 6.79. The fraction of sp³-hybridized carbons (Fsp3) is 1.00. The SMILES string of the molecule is ClC(C(Cl)(Cl)C(Cl)(Cl)Cl)C(Cl)(Cl)C(Cl)(Cl)Cl. The summed E-state index contributed by atoms with van der Waals surface area (Å²) in [4.78, 5) is 0. The third kappa shape index (κ3) is 4.09. The van der Waals surface area contributed by atoms with Crippen LogP contribution < -0.4 is 0 Å². The maximum Gasteiger partial charge on any atom is 0.224 e. The minimum absolute atomic E-state index is 1.58. The van der Waals surface area contributed by atoms with Crippen LogP contribution in [-0.2, 0) is 0 Å². The van der Waals surface area contributed by atoms with Crippen LogP contribution >= 0.6 is 128 Å². The first-order valence-electron chi connectivity index (χ1n) is 3.19. The Bertz CT molecular complexity index is 218. The summed E-state index contributed by atoms with van der Waals surface area (Å²) in [5.41, 5.74) is 0. The molecule has 0 aromatic heterocycles. The first kappa shape index (κ1) is 19.2. The van der Waals surface area contributed by atoms with Crippen molar-refractivity contribution in [1.29, 1.82) is 0 Å². The van der Waals surface area contributed by atoms with Crippen LogP contribution in [-0.4, -0.2) is 21.6 Å². The maximum atomic E-state index is 5.80. The molecule has 0 saturated heterocycles. The van der Waals surface area contributed by atoms with Crippen LogP contribution in [0.25, 0.3) is 0 Å². The summed E-state index contributed by atoms with van der Waals surface area (Å²) in [6.45, 7) is 0. The van der Waals surface area contributed by atoms with Gasteiger partial charge >= 0.3 is 0 Å². The molecule has 0 aliphatic carbocycles. The molecule has 0 nitrogen and oxygen atoms in total. The molecule has 0 atom stereocenters. The van der Waals surface area contributed by atoms with Crippen LogP contribution in [0, 0.1) is 0 Å². The standard InChI is InChI=1S/C5HCl11/c6-1(2(7,8)4(11,12)13)3(9,10)5(14,15)16/h1H. The molecule has 98 valence electrons. The Balaban J connectivity index is 5.30. The van der Waals surface area contributed by atoms with E-state index in [1.165, 1.54) is 0 Å². The van der Waals surface area contributed by atoms with Gasteiger partial charge in [0.05, 0.1) is 0 Å². The van der Waals surface area contributed by atoms with Crippen molar-refractivity contribution < 1.29 is 0 Å². The van der Waals surface area contributed by atoms with E-state index in [0.717, 1.165) is 0 Å². The van der Waals surface area contributed by atoms with E-state index >= 15 is 0 Å². The molecule has 0 heterocycles. The molecule has 0 amide bonds. The molecule has 0 spiro atoms. The number of rotatable bonds is 2. The lowest BCUT2D eigenvalue weighted by Crippen LogP contribution is -2.53. The molecule has 0 rings (SSSR count). The van der Waals surface area contributed by atoms with Gasteiger partial charge in [-0.15, -0.1) is 11.6 Å². The summed E-state index contributed by atoms with van der Waals surface area (Å²) in [5.74, 6) is 0. The number of hydrogen-bond acceptors (Lipinski definition) is 0. The number of halogens is 11. The van der Waals surface area contributed by atoms with Crippen LogP contribution in [0.3, 0.4) is 0 Å². The van der Waals surface area contributed by atoms with Crippen LogP contribution in [0.2, 0.25) is 0 Å². The van der Waals surface area contributed by atoms with E-state index in [4.69, 9.17) is 128 Å². The van der Waals surface area contributed by atoms with Gasteiger partial charge in [-0.05, 0) is 0 Å². The molecule has 0 radical (unpaired) electrons. The van der Waals surface area contributed by atoms with E-state index in [0.29, 0.717) is 0 Å².